The number of aromatic amines is 1. The standard InChI is InChI=1S/C15H21N2O8P/c1-9-8-17(15(20)16-12(9)18)10-5-6-11(7-10)25-14(13(19)22-2)26(21,23-3)24-4/h5-6,8,10-11,14H,7H2,1-4H3,(H,16,18,20)/t10-,11+,14?/m0/s1. The molecule has 1 unspecified atom stereocenters. The number of ether oxygens (including phenoxy) is 2. The summed E-state index contributed by atoms with van der Waals surface area (Å²) in [6.07, 6.45) is 4.42. The highest BCUT2D eigenvalue weighted by atomic mass is 31.2. The highest BCUT2D eigenvalue weighted by Crippen LogP contribution is 2.53. The van der Waals surface area contributed by atoms with Gasteiger partial charge in [-0.25, -0.2) is 9.59 Å². The highest BCUT2D eigenvalue weighted by Gasteiger charge is 2.44. The maximum Gasteiger partial charge on any atom is 0.370 e. The number of carbonyl (C=O) groups excluding carboxylic acids is 1. The van der Waals surface area contributed by atoms with Crippen molar-refractivity contribution < 1.29 is 27.9 Å². The van der Waals surface area contributed by atoms with Crippen molar-refractivity contribution in [3.05, 3.63) is 44.8 Å². The Kier molecular flexibility index (Phi) is 6.35. The second-order valence-corrected chi connectivity index (χ2v) is 7.90. The van der Waals surface area contributed by atoms with E-state index in [1.807, 2.05) is 0 Å². The molecule has 0 saturated carbocycles. The lowest BCUT2D eigenvalue weighted by atomic mass is 10.2. The lowest BCUT2D eigenvalue weighted by molar-refractivity contribution is -0.151. The van der Waals surface area contributed by atoms with Crippen LogP contribution in [0.1, 0.15) is 18.0 Å². The van der Waals surface area contributed by atoms with Crippen LogP contribution in [0.15, 0.2) is 27.9 Å². The van der Waals surface area contributed by atoms with Crippen LogP contribution in [0.5, 0.6) is 0 Å². The Balaban J connectivity index is 2.20. The van der Waals surface area contributed by atoms with Gasteiger partial charge >= 0.3 is 19.3 Å². The lowest BCUT2D eigenvalue weighted by Crippen LogP contribution is -2.34. The Hall–Kier alpha value is -2.00. The van der Waals surface area contributed by atoms with Gasteiger partial charge in [0, 0.05) is 32.4 Å². The fourth-order valence-corrected chi connectivity index (χ4v) is 3.78. The van der Waals surface area contributed by atoms with Gasteiger partial charge in [-0.2, -0.15) is 0 Å². The van der Waals surface area contributed by atoms with Crippen molar-refractivity contribution in [2.24, 2.45) is 0 Å². The van der Waals surface area contributed by atoms with Crippen molar-refractivity contribution in [3.8, 4) is 0 Å². The number of rotatable bonds is 7. The lowest BCUT2D eigenvalue weighted by Gasteiger charge is -2.25. The van der Waals surface area contributed by atoms with Crippen molar-refractivity contribution >= 4 is 13.6 Å². The van der Waals surface area contributed by atoms with Crippen molar-refractivity contribution in [2.75, 3.05) is 21.3 Å². The summed E-state index contributed by atoms with van der Waals surface area (Å²) >= 11 is 0. The molecule has 144 valence electrons. The first-order valence-electron chi connectivity index (χ1n) is 7.70. The average molecular weight is 388 g/mol. The van der Waals surface area contributed by atoms with Crippen LogP contribution >= 0.6 is 7.60 Å². The Morgan fingerprint density at radius 3 is 2.50 bits per heavy atom. The normalized spacial score (nSPS) is 20.9. The minimum absolute atomic E-state index is 0.284. The number of allylic oxidation sites excluding steroid dienone is 1. The summed E-state index contributed by atoms with van der Waals surface area (Å²) in [5.41, 5.74) is -0.620. The number of esters is 1. The Morgan fingerprint density at radius 1 is 1.27 bits per heavy atom. The van der Waals surface area contributed by atoms with Gasteiger partial charge in [-0.05, 0) is 6.92 Å². The van der Waals surface area contributed by atoms with Crippen LogP contribution < -0.4 is 11.2 Å². The third-order valence-electron chi connectivity index (χ3n) is 4.03. The number of hydrogen-bond donors (Lipinski definition) is 1. The van der Waals surface area contributed by atoms with Crippen LogP contribution in [0.2, 0.25) is 0 Å². The second kappa shape index (κ2) is 8.13. The zero-order chi connectivity index (χ0) is 19.5. The van der Waals surface area contributed by atoms with E-state index in [1.54, 1.807) is 19.1 Å². The fraction of sp³-hybridized carbons (Fsp3) is 0.533. The number of nitrogens with zero attached hydrogens (tertiary/aromatic N) is 1. The molecule has 0 aliphatic heterocycles. The smallest absolute Gasteiger partial charge is 0.370 e. The largest absolute Gasteiger partial charge is 0.467 e. The van der Waals surface area contributed by atoms with Crippen LogP contribution in [0, 0.1) is 6.92 Å². The van der Waals surface area contributed by atoms with E-state index in [0.29, 0.717) is 5.56 Å². The summed E-state index contributed by atoms with van der Waals surface area (Å²) in [6, 6.07) is -0.397. The van der Waals surface area contributed by atoms with E-state index in [2.05, 4.69) is 9.72 Å². The van der Waals surface area contributed by atoms with Crippen molar-refractivity contribution in [3.63, 3.8) is 0 Å². The molecular weight excluding hydrogens is 367 g/mol. The topological polar surface area (TPSA) is 126 Å². The summed E-state index contributed by atoms with van der Waals surface area (Å²) in [4.78, 5) is 37.6. The molecule has 1 heterocycles. The van der Waals surface area contributed by atoms with Crippen LogP contribution in [-0.4, -0.2) is 48.8 Å². The van der Waals surface area contributed by atoms with Crippen molar-refractivity contribution in [1.82, 2.24) is 9.55 Å². The first kappa shape index (κ1) is 20.3. The molecule has 1 aromatic rings. The highest BCUT2D eigenvalue weighted by molar-refractivity contribution is 7.55. The molecule has 0 spiro atoms. The van der Waals surface area contributed by atoms with Gasteiger partial charge in [-0.1, -0.05) is 12.2 Å². The van der Waals surface area contributed by atoms with Gasteiger partial charge in [-0.15, -0.1) is 0 Å². The molecule has 1 aliphatic rings. The summed E-state index contributed by atoms with van der Waals surface area (Å²) in [5, 5.41) is 0. The van der Waals surface area contributed by atoms with Gasteiger partial charge in [-0.3, -0.25) is 18.9 Å². The van der Waals surface area contributed by atoms with Crippen molar-refractivity contribution in [2.45, 2.75) is 31.3 Å². The number of methoxy groups -OCH3 is 1. The van der Waals surface area contributed by atoms with Gasteiger partial charge in [0.15, 0.2) is 0 Å². The fourth-order valence-electron chi connectivity index (χ4n) is 2.58. The van der Waals surface area contributed by atoms with Crippen LogP contribution in [-0.2, 0) is 27.9 Å². The summed E-state index contributed by atoms with van der Waals surface area (Å²) < 4.78 is 33.8. The molecule has 26 heavy (non-hydrogen) atoms. The number of aromatic nitrogens is 2. The van der Waals surface area contributed by atoms with E-state index in [0.717, 1.165) is 21.3 Å². The van der Waals surface area contributed by atoms with E-state index in [1.165, 1.54) is 10.8 Å². The third-order valence-corrected chi connectivity index (χ3v) is 5.95. The first-order chi connectivity index (χ1) is 12.3. The van der Waals surface area contributed by atoms with Crippen LogP contribution in [0.4, 0.5) is 0 Å². The molecule has 0 aromatic carbocycles. The Labute approximate surface area is 149 Å². The molecule has 0 bridgehead atoms. The number of aryl methyl sites for hydroxylation is 1. The summed E-state index contributed by atoms with van der Waals surface area (Å²) in [7, 11) is -0.473. The Morgan fingerprint density at radius 2 is 1.92 bits per heavy atom. The van der Waals surface area contributed by atoms with E-state index < -0.39 is 42.8 Å². The van der Waals surface area contributed by atoms with Gasteiger partial charge in [0.1, 0.15) is 0 Å². The zero-order valence-electron chi connectivity index (χ0n) is 14.8. The van der Waals surface area contributed by atoms with Gasteiger partial charge in [0.05, 0.1) is 19.3 Å². The van der Waals surface area contributed by atoms with Crippen molar-refractivity contribution in [1.29, 1.82) is 0 Å². The molecule has 0 saturated heterocycles. The number of carbonyl (C=O) groups is 1. The quantitative estimate of drug-likeness (QED) is 0.411. The molecule has 1 aliphatic carbocycles. The van der Waals surface area contributed by atoms with E-state index >= 15 is 0 Å². The SMILES string of the molecule is COC(=O)C(O[C@@H]1C=C[C@H](n2cc(C)c(=O)[nH]c2=O)C1)P(=O)(OC)OC. The van der Waals surface area contributed by atoms with Crippen LogP contribution in [0.3, 0.4) is 0 Å². The minimum atomic E-state index is -3.88. The predicted molar refractivity (Wildman–Crippen MR) is 91.2 cm³/mol. The van der Waals surface area contributed by atoms with E-state index in [9.17, 15) is 18.9 Å². The van der Waals surface area contributed by atoms with Gasteiger partial charge in [0.2, 0.25) is 0 Å². The summed E-state index contributed by atoms with van der Waals surface area (Å²) in [5.74, 6) is -2.46. The zero-order valence-corrected chi connectivity index (χ0v) is 15.7. The molecular formula is C15H21N2O8P. The van der Waals surface area contributed by atoms with Gasteiger partial charge < -0.3 is 18.5 Å². The molecule has 11 heteroatoms. The molecule has 2 rings (SSSR count). The molecule has 0 amide bonds. The maximum absolute atomic E-state index is 12.5. The molecule has 0 radical (unpaired) electrons. The minimum Gasteiger partial charge on any atom is -0.467 e. The van der Waals surface area contributed by atoms with E-state index in [-0.39, 0.29) is 6.42 Å². The predicted octanol–water partition coefficient (Wildman–Crippen LogP) is 0.716. The van der Waals surface area contributed by atoms with E-state index in [4.69, 9.17) is 13.8 Å². The average Bonchev–Trinajstić information content (AvgIpc) is 3.09. The molecule has 0 fully saturated rings. The Bertz CT molecular complexity index is 850. The third kappa shape index (κ3) is 4.04. The summed E-state index contributed by atoms with van der Waals surface area (Å²) in [6.45, 7) is 1.59. The maximum atomic E-state index is 12.5. The van der Waals surface area contributed by atoms with Gasteiger partial charge in [0.25, 0.3) is 11.4 Å². The molecule has 1 N–H and O–H groups in total. The molecule has 3 atom stereocenters. The monoisotopic (exact) mass is 388 g/mol. The molecule has 1 aromatic heterocycles. The number of H-pyrrole nitrogens is 1. The molecule has 10 nitrogen and oxygen atoms in total. The first-order valence-corrected chi connectivity index (χ1v) is 9.31. The van der Waals surface area contributed by atoms with Crippen LogP contribution in [0.25, 0.3) is 0 Å². The number of nitrogens with one attached hydrogen (secondary N) is 1. The second-order valence-electron chi connectivity index (χ2n) is 5.62. The number of hydrogen-bond acceptors (Lipinski definition) is 8.